The second-order valence-corrected chi connectivity index (χ2v) is 9.66. The van der Waals surface area contributed by atoms with Gasteiger partial charge in [0, 0.05) is 5.92 Å². The summed E-state index contributed by atoms with van der Waals surface area (Å²) >= 11 is 1.60. The van der Waals surface area contributed by atoms with Crippen LogP contribution in [-0.2, 0) is 14.6 Å². The van der Waals surface area contributed by atoms with Crippen molar-refractivity contribution in [3.8, 4) is 17.2 Å². The van der Waals surface area contributed by atoms with Crippen LogP contribution in [0.3, 0.4) is 0 Å². The van der Waals surface area contributed by atoms with Crippen LogP contribution in [0.5, 0.6) is 0 Å². The molecule has 0 spiro atoms. The Morgan fingerprint density at radius 2 is 1.89 bits per heavy atom. The van der Waals surface area contributed by atoms with Crippen LogP contribution in [0.4, 0.5) is 0 Å². The molecule has 1 N–H and O–H groups in total. The minimum atomic E-state index is -3.47. The van der Waals surface area contributed by atoms with Gasteiger partial charge in [0.15, 0.2) is 9.84 Å². The Hall–Kier alpha value is -2.17. The normalized spacial score (nSPS) is 20.0. The van der Waals surface area contributed by atoms with Crippen LogP contribution in [-0.4, -0.2) is 26.6 Å². The van der Waals surface area contributed by atoms with Crippen LogP contribution in [0.2, 0.25) is 0 Å². The molecule has 0 bridgehead atoms. The van der Waals surface area contributed by atoms with Crippen molar-refractivity contribution in [2.75, 3.05) is 12.3 Å². The Morgan fingerprint density at radius 3 is 2.56 bits per heavy atom. The summed E-state index contributed by atoms with van der Waals surface area (Å²) in [5, 5.41) is 15.2. The number of nitrogens with one attached hydrogen (secondary N) is 1. The summed E-state index contributed by atoms with van der Waals surface area (Å²) in [6.45, 7) is -0.0428. The minimum absolute atomic E-state index is 0.0323. The van der Waals surface area contributed by atoms with Crippen molar-refractivity contribution in [1.29, 1.82) is 5.26 Å². The summed E-state index contributed by atoms with van der Waals surface area (Å²) in [5.74, 6) is -0.787. The maximum absolute atomic E-state index is 12.9. The highest BCUT2D eigenvalue weighted by molar-refractivity contribution is 7.91. The van der Waals surface area contributed by atoms with E-state index in [-0.39, 0.29) is 30.0 Å². The average Bonchev–Trinajstić information content (AvgIpc) is 3.21. The second kappa shape index (κ2) is 8.68. The third kappa shape index (κ3) is 4.76. The van der Waals surface area contributed by atoms with E-state index in [1.54, 1.807) is 23.5 Å². The van der Waals surface area contributed by atoms with Crippen LogP contribution >= 0.6 is 11.3 Å². The molecule has 7 heteroatoms. The fourth-order valence-electron chi connectivity index (χ4n) is 3.67. The standard InChI is InChI=1S/C20H22N2O3S2/c21-10-11-22-20(23)19-4-2-1-3-17(19)14-27(24,25)18-7-5-15(6-8-18)16-9-12-26-13-16/h5-9,12-13,17,19H,1-4,11,14H2,(H,22,23)/t17-,19+/m1/s1. The van der Waals surface area contributed by atoms with E-state index < -0.39 is 9.84 Å². The molecule has 2 atom stereocenters. The number of rotatable bonds is 6. The summed E-state index contributed by atoms with van der Waals surface area (Å²) in [6, 6.07) is 10.8. The van der Waals surface area contributed by atoms with Gasteiger partial charge in [-0.2, -0.15) is 16.6 Å². The topological polar surface area (TPSA) is 87.0 Å². The smallest absolute Gasteiger partial charge is 0.224 e. The molecule has 3 rings (SSSR count). The van der Waals surface area contributed by atoms with Crippen molar-refractivity contribution in [1.82, 2.24) is 5.32 Å². The highest BCUT2D eigenvalue weighted by Gasteiger charge is 2.34. The molecule has 0 aliphatic heterocycles. The number of sulfone groups is 1. The highest BCUT2D eigenvalue weighted by atomic mass is 32.2. The van der Waals surface area contributed by atoms with Crippen molar-refractivity contribution >= 4 is 27.1 Å². The number of benzene rings is 1. The van der Waals surface area contributed by atoms with E-state index in [4.69, 9.17) is 5.26 Å². The SMILES string of the molecule is N#CCNC(=O)[C@H]1CCCC[C@@H]1CS(=O)(=O)c1ccc(-c2ccsc2)cc1. The maximum atomic E-state index is 12.9. The van der Waals surface area contributed by atoms with Gasteiger partial charge in [-0.25, -0.2) is 8.42 Å². The zero-order valence-corrected chi connectivity index (χ0v) is 16.6. The summed E-state index contributed by atoms with van der Waals surface area (Å²) in [7, 11) is -3.47. The molecule has 1 amide bonds. The van der Waals surface area contributed by atoms with E-state index in [2.05, 4.69) is 5.32 Å². The molecule has 1 aromatic carbocycles. The van der Waals surface area contributed by atoms with E-state index in [0.29, 0.717) is 11.3 Å². The Bertz CT molecular complexity index is 913. The number of thiophene rings is 1. The number of amides is 1. The van der Waals surface area contributed by atoms with Gasteiger partial charge in [-0.15, -0.1) is 0 Å². The maximum Gasteiger partial charge on any atom is 0.224 e. The molecule has 1 fully saturated rings. The van der Waals surface area contributed by atoms with Crippen LogP contribution in [0, 0.1) is 23.2 Å². The summed E-state index contributed by atoms with van der Waals surface area (Å²) in [6.07, 6.45) is 3.24. The van der Waals surface area contributed by atoms with Gasteiger partial charge >= 0.3 is 0 Å². The first kappa shape index (κ1) is 19.6. The Morgan fingerprint density at radius 1 is 1.15 bits per heavy atom. The monoisotopic (exact) mass is 402 g/mol. The molecule has 0 saturated heterocycles. The van der Waals surface area contributed by atoms with E-state index in [0.717, 1.165) is 30.4 Å². The first-order valence-corrected chi connectivity index (χ1v) is 11.6. The molecule has 27 heavy (non-hydrogen) atoms. The molecule has 5 nitrogen and oxygen atoms in total. The molecule has 0 radical (unpaired) electrons. The van der Waals surface area contributed by atoms with Gasteiger partial charge in [0.05, 0.1) is 16.7 Å². The summed E-state index contributed by atoms with van der Waals surface area (Å²) < 4.78 is 25.8. The zero-order valence-electron chi connectivity index (χ0n) is 14.9. The largest absolute Gasteiger partial charge is 0.343 e. The van der Waals surface area contributed by atoms with E-state index in [1.807, 2.05) is 35.0 Å². The van der Waals surface area contributed by atoms with Gasteiger partial charge in [-0.05, 0) is 58.8 Å². The third-order valence-electron chi connectivity index (χ3n) is 5.09. The fourth-order valence-corrected chi connectivity index (χ4v) is 6.04. The van der Waals surface area contributed by atoms with Crippen LogP contribution < -0.4 is 5.32 Å². The van der Waals surface area contributed by atoms with Crippen molar-refractivity contribution in [3.05, 3.63) is 41.1 Å². The van der Waals surface area contributed by atoms with Crippen molar-refractivity contribution < 1.29 is 13.2 Å². The number of hydrogen-bond donors (Lipinski definition) is 1. The number of carbonyl (C=O) groups excluding carboxylic acids is 1. The highest BCUT2D eigenvalue weighted by Crippen LogP contribution is 2.33. The molecular formula is C20H22N2O3S2. The molecule has 2 aromatic rings. The van der Waals surface area contributed by atoms with E-state index in [9.17, 15) is 13.2 Å². The predicted molar refractivity (Wildman–Crippen MR) is 106 cm³/mol. The van der Waals surface area contributed by atoms with Gasteiger partial charge in [-0.1, -0.05) is 25.0 Å². The van der Waals surface area contributed by atoms with E-state index >= 15 is 0 Å². The molecule has 1 saturated carbocycles. The van der Waals surface area contributed by atoms with Crippen LogP contribution in [0.15, 0.2) is 46.0 Å². The lowest BCUT2D eigenvalue weighted by Gasteiger charge is -2.30. The lowest BCUT2D eigenvalue weighted by atomic mass is 9.80. The third-order valence-corrected chi connectivity index (χ3v) is 7.63. The lowest BCUT2D eigenvalue weighted by Crippen LogP contribution is -2.39. The van der Waals surface area contributed by atoms with Gasteiger partial charge < -0.3 is 5.32 Å². The van der Waals surface area contributed by atoms with Crippen molar-refractivity contribution in [3.63, 3.8) is 0 Å². The predicted octanol–water partition coefficient (Wildman–Crippen LogP) is 3.63. The summed E-state index contributed by atoms with van der Waals surface area (Å²) in [4.78, 5) is 12.6. The molecule has 0 unspecified atom stereocenters. The Kier molecular flexibility index (Phi) is 6.30. The van der Waals surface area contributed by atoms with Crippen LogP contribution in [0.25, 0.3) is 11.1 Å². The Balaban J connectivity index is 1.74. The van der Waals surface area contributed by atoms with Crippen LogP contribution in [0.1, 0.15) is 25.7 Å². The number of carbonyl (C=O) groups is 1. The molecule has 1 heterocycles. The first-order valence-electron chi connectivity index (χ1n) is 9.01. The van der Waals surface area contributed by atoms with Gasteiger partial charge in [0.25, 0.3) is 0 Å². The quantitative estimate of drug-likeness (QED) is 0.748. The molecule has 142 valence electrons. The van der Waals surface area contributed by atoms with Gasteiger partial charge in [-0.3, -0.25) is 4.79 Å². The van der Waals surface area contributed by atoms with E-state index in [1.165, 1.54) is 0 Å². The van der Waals surface area contributed by atoms with Crippen molar-refractivity contribution in [2.45, 2.75) is 30.6 Å². The number of nitriles is 1. The number of hydrogen-bond acceptors (Lipinski definition) is 5. The molecule has 1 aromatic heterocycles. The fraction of sp³-hybridized carbons (Fsp3) is 0.400. The molecular weight excluding hydrogens is 380 g/mol. The zero-order chi connectivity index (χ0) is 19.3. The second-order valence-electron chi connectivity index (χ2n) is 6.84. The minimum Gasteiger partial charge on any atom is -0.343 e. The lowest BCUT2D eigenvalue weighted by molar-refractivity contribution is -0.127. The molecule has 1 aliphatic rings. The first-order chi connectivity index (χ1) is 13.0. The van der Waals surface area contributed by atoms with Gasteiger partial charge in [0.1, 0.15) is 6.54 Å². The molecule has 1 aliphatic carbocycles. The Labute approximate surface area is 164 Å². The summed E-state index contributed by atoms with van der Waals surface area (Å²) in [5.41, 5.74) is 2.06. The van der Waals surface area contributed by atoms with Gasteiger partial charge in [0.2, 0.25) is 5.91 Å². The number of nitrogens with zero attached hydrogens (tertiary/aromatic N) is 1. The average molecular weight is 403 g/mol. The van der Waals surface area contributed by atoms with Crippen molar-refractivity contribution in [2.24, 2.45) is 11.8 Å².